The summed E-state index contributed by atoms with van der Waals surface area (Å²) in [4.78, 5) is 13.9. The van der Waals surface area contributed by atoms with Crippen LogP contribution in [-0.2, 0) is 10.0 Å². The molecule has 25 heavy (non-hydrogen) atoms. The zero-order chi connectivity index (χ0) is 17.9. The second kappa shape index (κ2) is 7.74. The molecule has 1 aromatic carbocycles. The Morgan fingerprint density at radius 3 is 2.04 bits per heavy atom. The number of rotatable bonds is 4. The molecule has 2 aliphatic heterocycles. The molecule has 0 bridgehead atoms. The quantitative estimate of drug-likeness (QED) is 0.886. The van der Waals surface area contributed by atoms with Crippen LogP contribution in [0.4, 0.5) is 5.69 Å². The SMILES string of the molecule is O=C(O)c1cc(S(=O)(=O)N2CCCCCC2)ccc1N1CCCCC1. The lowest BCUT2D eigenvalue weighted by Crippen LogP contribution is -2.33. The fourth-order valence-corrected chi connectivity index (χ4v) is 5.23. The molecule has 2 fully saturated rings. The molecule has 2 aliphatic rings. The predicted molar refractivity (Wildman–Crippen MR) is 96.7 cm³/mol. The van der Waals surface area contributed by atoms with E-state index in [9.17, 15) is 18.3 Å². The van der Waals surface area contributed by atoms with Crippen molar-refractivity contribution in [1.82, 2.24) is 4.31 Å². The van der Waals surface area contributed by atoms with E-state index in [-0.39, 0.29) is 10.5 Å². The molecule has 0 amide bonds. The summed E-state index contributed by atoms with van der Waals surface area (Å²) in [6, 6.07) is 4.57. The van der Waals surface area contributed by atoms with E-state index in [1.165, 1.54) is 10.4 Å². The van der Waals surface area contributed by atoms with E-state index in [0.29, 0.717) is 18.8 Å². The Labute approximate surface area is 149 Å². The van der Waals surface area contributed by atoms with Crippen molar-refractivity contribution in [2.75, 3.05) is 31.1 Å². The van der Waals surface area contributed by atoms with Crippen LogP contribution in [0, 0.1) is 0 Å². The van der Waals surface area contributed by atoms with E-state index in [0.717, 1.165) is 58.0 Å². The van der Waals surface area contributed by atoms with Gasteiger partial charge in [-0.3, -0.25) is 0 Å². The molecule has 2 heterocycles. The van der Waals surface area contributed by atoms with E-state index in [4.69, 9.17) is 0 Å². The average molecular weight is 366 g/mol. The minimum absolute atomic E-state index is 0.0813. The number of nitrogens with zero attached hydrogens (tertiary/aromatic N) is 2. The number of carboxylic acids is 1. The number of carbonyl (C=O) groups is 1. The van der Waals surface area contributed by atoms with E-state index < -0.39 is 16.0 Å². The highest BCUT2D eigenvalue weighted by atomic mass is 32.2. The Kier molecular flexibility index (Phi) is 5.64. The van der Waals surface area contributed by atoms with E-state index in [2.05, 4.69) is 4.90 Å². The number of benzene rings is 1. The van der Waals surface area contributed by atoms with Crippen molar-refractivity contribution >= 4 is 21.7 Å². The Balaban J connectivity index is 1.94. The molecule has 138 valence electrons. The highest BCUT2D eigenvalue weighted by Crippen LogP contribution is 2.29. The van der Waals surface area contributed by atoms with Crippen LogP contribution in [0.1, 0.15) is 55.3 Å². The van der Waals surface area contributed by atoms with E-state index >= 15 is 0 Å². The molecule has 3 rings (SSSR count). The minimum Gasteiger partial charge on any atom is -0.478 e. The molecule has 6 nitrogen and oxygen atoms in total. The van der Waals surface area contributed by atoms with Gasteiger partial charge in [0, 0.05) is 26.2 Å². The predicted octanol–water partition coefficient (Wildman–Crippen LogP) is 2.94. The van der Waals surface area contributed by atoms with Gasteiger partial charge < -0.3 is 10.0 Å². The summed E-state index contributed by atoms with van der Waals surface area (Å²) in [5.41, 5.74) is 0.708. The molecule has 0 aromatic heterocycles. The molecule has 0 radical (unpaired) electrons. The van der Waals surface area contributed by atoms with Crippen LogP contribution in [0.25, 0.3) is 0 Å². The number of piperidine rings is 1. The molecule has 2 saturated heterocycles. The van der Waals surface area contributed by atoms with Gasteiger partial charge in [0.15, 0.2) is 0 Å². The normalized spacial score (nSPS) is 20.2. The third kappa shape index (κ3) is 3.98. The van der Waals surface area contributed by atoms with Gasteiger partial charge in [-0.15, -0.1) is 0 Å². The van der Waals surface area contributed by atoms with Gasteiger partial charge in [-0.2, -0.15) is 4.31 Å². The Hall–Kier alpha value is -1.60. The lowest BCUT2D eigenvalue weighted by atomic mass is 10.1. The standard InChI is InChI=1S/C18H26N2O4S/c21-18(22)16-14-15(8-9-17(16)19-10-4-3-5-11-19)25(23,24)20-12-6-1-2-7-13-20/h8-9,14H,1-7,10-13H2,(H,21,22). The first-order valence-corrected chi connectivity index (χ1v) is 10.6. The summed E-state index contributed by atoms with van der Waals surface area (Å²) in [6.07, 6.45) is 7.02. The zero-order valence-corrected chi connectivity index (χ0v) is 15.3. The number of hydrogen-bond donors (Lipinski definition) is 1. The molecule has 1 N–H and O–H groups in total. The number of carboxylic acid groups (broad SMARTS) is 1. The fraction of sp³-hybridized carbons (Fsp3) is 0.611. The van der Waals surface area contributed by atoms with Gasteiger partial charge in [-0.05, 0) is 50.3 Å². The summed E-state index contributed by atoms with van der Waals surface area (Å²) in [6.45, 7) is 2.66. The summed E-state index contributed by atoms with van der Waals surface area (Å²) >= 11 is 0. The maximum atomic E-state index is 12.9. The van der Waals surface area contributed by atoms with Gasteiger partial charge in [0.05, 0.1) is 16.1 Å². The number of hydrogen-bond acceptors (Lipinski definition) is 4. The van der Waals surface area contributed by atoms with Crippen molar-refractivity contribution in [1.29, 1.82) is 0 Å². The second-order valence-electron chi connectivity index (χ2n) is 6.85. The van der Waals surface area contributed by atoms with Crippen molar-refractivity contribution in [3.05, 3.63) is 23.8 Å². The van der Waals surface area contributed by atoms with Crippen LogP contribution in [0.15, 0.2) is 23.1 Å². The van der Waals surface area contributed by atoms with E-state index in [1.807, 2.05) is 0 Å². The van der Waals surface area contributed by atoms with Crippen molar-refractivity contribution in [3.63, 3.8) is 0 Å². The molecule has 0 saturated carbocycles. The first kappa shape index (κ1) is 18.2. The summed E-state index contributed by atoms with van der Waals surface area (Å²) in [5, 5.41) is 9.61. The number of aromatic carboxylic acids is 1. The summed E-state index contributed by atoms with van der Waals surface area (Å²) in [5.74, 6) is -1.08. The average Bonchev–Trinajstić information content (AvgIpc) is 2.92. The summed E-state index contributed by atoms with van der Waals surface area (Å²) < 4.78 is 27.3. The highest BCUT2D eigenvalue weighted by molar-refractivity contribution is 7.89. The number of sulfonamides is 1. The molecule has 0 aliphatic carbocycles. The Morgan fingerprint density at radius 2 is 1.44 bits per heavy atom. The largest absolute Gasteiger partial charge is 0.478 e. The molecule has 0 unspecified atom stereocenters. The first-order chi connectivity index (χ1) is 12.0. The van der Waals surface area contributed by atoms with Crippen LogP contribution in [0.2, 0.25) is 0 Å². The van der Waals surface area contributed by atoms with Crippen LogP contribution < -0.4 is 4.90 Å². The lowest BCUT2D eigenvalue weighted by Gasteiger charge is -2.30. The van der Waals surface area contributed by atoms with Crippen LogP contribution >= 0.6 is 0 Å². The van der Waals surface area contributed by atoms with Gasteiger partial charge in [-0.1, -0.05) is 12.8 Å². The molecule has 0 atom stereocenters. The lowest BCUT2D eigenvalue weighted by molar-refractivity contribution is 0.0697. The second-order valence-corrected chi connectivity index (χ2v) is 8.79. The Bertz CT molecular complexity index is 719. The maximum absolute atomic E-state index is 12.9. The third-order valence-corrected chi connectivity index (χ3v) is 6.99. The number of anilines is 1. The van der Waals surface area contributed by atoms with Crippen molar-refractivity contribution in [2.45, 2.75) is 49.8 Å². The third-order valence-electron chi connectivity index (χ3n) is 5.10. The van der Waals surface area contributed by atoms with E-state index in [1.54, 1.807) is 12.1 Å². The van der Waals surface area contributed by atoms with Gasteiger partial charge in [-0.25, -0.2) is 13.2 Å². The molecular weight excluding hydrogens is 340 g/mol. The van der Waals surface area contributed by atoms with Gasteiger partial charge in [0.2, 0.25) is 10.0 Å². The Morgan fingerprint density at radius 1 is 0.880 bits per heavy atom. The first-order valence-electron chi connectivity index (χ1n) is 9.12. The highest BCUT2D eigenvalue weighted by Gasteiger charge is 2.27. The maximum Gasteiger partial charge on any atom is 0.337 e. The van der Waals surface area contributed by atoms with Gasteiger partial charge >= 0.3 is 5.97 Å². The van der Waals surface area contributed by atoms with Crippen molar-refractivity contribution in [2.24, 2.45) is 0 Å². The van der Waals surface area contributed by atoms with Crippen LogP contribution in [0.3, 0.4) is 0 Å². The monoisotopic (exact) mass is 366 g/mol. The van der Waals surface area contributed by atoms with Gasteiger partial charge in [0.25, 0.3) is 0 Å². The topological polar surface area (TPSA) is 77.9 Å². The van der Waals surface area contributed by atoms with Crippen molar-refractivity contribution < 1.29 is 18.3 Å². The fourth-order valence-electron chi connectivity index (χ4n) is 3.69. The molecule has 7 heteroatoms. The minimum atomic E-state index is -3.64. The molecule has 1 aromatic rings. The van der Waals surface area contributed by atoms with Crippen molar-refractivity contribution in [3.8, 4) is 0 Å². The summed E-state index contributed by atoms with van der Waals surface area (Å²) in [7, 11) is -3.64. The molecular formula is C18H26N2O4S. The molecule has 0 spiro atoms. The van der Waals surface area contributed by atoms with Crippen LogP contribution in [-0.4, -0.2) is 50.0 Å². The van der Waals surface area contributed by atoms with Gasteiger partial charge in [0.1, 0.15) is 0 Å². The zero-order valence-electron chi connectivity index (χ0n) is 14.5. The smallest absolute Gasteiger partial charge is 0.337 e. The van der Waals surface area contributed by atoms with Crippen LogP contribution in [0.5, 0.6) is 0 Å².